The van der Waals surface area contributed by atoms with Crippen LogP contribution < -0.4 is 11.1 Å². The first kappa shape index (κ1) is 15.3. The number of nitrogens with one attached hydrogen (secondary N) is 1. The molecule has 20 heavy (non-hydrogen) atoms. The average Bonchev–Trinajstić information content (AvgIpc) is 2.67. The van der Waals surface area contributed by atoms with Gasteiger partial charge in [-0.3, -0.25) is 10.1 Å². The lowest BCUT2D eigenvalue weighted by molar-refractivity contribution is -0.120. The summed E-state index contributed by atoms with van der Waals surface area (Å²) in [5.41, 5.74) is 7.43. The summed E-state index contributed by atoms with van der Waals surface area (Å²) in [5.74, 6) is -0.339. The lowest BCUT2D eigenvalue weighted by atomic mass is 10.0. The van der Waals surface area contributed by atoms with E-state index in [1.165, 1.54) is 25.7 Å². The van der Waals surface area contributed by atoms with Crippen LogP contribution in [0.2, 0.25) is 5.02 Å². The Labute approximate surface area is 125 Å². The summed E-state index contributed by atoms with van der Waals surface area (Å²) in [7, 11) is 0. The van der Waals surface area contributed by atoms with Gasteiger partial charge in [-0.1, -0.05) is 49.4 Å². The van der Waals surface area contributed by atoms with Crippen molar-refractivity contribution >= 4 is 17.5 Å². The fraction of sp³-hybridized carbons (Fsp3) is 0.562. The summed E-state index contributed by atoms with van der Waals surface area (Å²) in [6, 6.07) is 5.63. The van der Waals surface area contributed by atoms with Gasteiger partial charge in [0.25, 0.3) is 0 Å². The second kappa shape index (κ2) is 7.09. The second-order valence-corrected chi connectivity index (χ2v) is 6.11. The van der Waals surface area contributed by atoms with Crippen LogP contribution in [0.4, 0.5) is 0 Å². The van der Waals surface area contributed by atoms with Crippen molar-refractivity contribution in [1.82, 2.24) is 5.32 Å². The Hall–Kier alpha value is -1.06. The Kier molecular flexibility index (Phi) is 5.44. The number of nitrogens with two attached hydrogens (primary N) is 1. The third kappa shape index (κ3) is 3.97. The number of primary amides is 1. The molecule has 0 radical (unpaired) electrons. The zero-order chi connectivity index (χ0) is 14.5. The molecule has 1 aromatic rings. The lowest BCUT2D eigenvalue weighted by Crippen LogP contribution is -2.39. The second-order valence-electron chi connectivity index (χ2n) is 5.70. The van der Waals surface area contributed by atoms with Crippen LogP contribution in [0.1, 0.15) is 55.7 Å². The van der Waals surface area contributed by atoms with E-state index in [0.29, 0.717) is 11.1 Å². The average molecular weight is 295 g/mol. The molecular formula is C16H23ClN2O. The highest BCUT2D eigenvalue weighted by Gasteiger charge is 2.22. The van der Waals surface area contributed by atoms with Gasteiger partial charge in [-0.05, 0) is 37.0 Å². The lowest BCUT2D eigenvalue weighted by Gasteiger charge is -2.23. The monoisotopic (exact) mass is 294 g/mol. The van der Waals surface area contributed by atoms with Crippen LogP contribution in [0, 0.1) is 6.92 Å². The Balaban J connectivity index is 2.13. The molecule has 0 aliphatic heterocycles. The summed E-state index contributed by atoms with van der Waals surface area (Å²) in [6.07, 6.45) is 7.24. The van der Waals surface area contributed by atoms with E-state index in [0.717, 1.165) is 24.0 Å². The van der Waals surface area contributed by atoms with E-state index < -0.39 is 6.04 Å². The maximum Gasteiger partial charge on any atom is 0.239 e. The number of rotatable bonds is 4. The highest BCUT2D eigenvalue weighted by Crippen LogP contribution is 2.24. The number of halogens is 1. The van der Waals surface area contributed by atoms with E-state index in [1.54, 1.807) is 0 Å². The number of carbonyl (C=O) groups is 1. The topological polar surface area (TPSA) is 55.1 Å². The van der Waals surface area contributed by atoms with E-state index in [9.17, 15) is 4.79 Å². The fourth-order valence-electron chi connectivity index (χ4n) is 2.81. The summed E-state index contributed by atoms with van der Waals surface area (Å²) in [5, 5.41) is 4.10. The molecular weight excluding hydrogens is 272 g/mol. The minimum Gasteiger partial charge on any atom is -0.368 e. The van der Waals surface area contributed by atoms with Crippen LogP contribution in [0.3, 0.4) is 0 Å². The third-order valence-corrected chi connectivity index (χ3v) is 4.48. The molecule has 0 spiro atoms. The van der Waals surface area contributed by atoms with Gasteiger partial charge in [0.05, 0.1) is 0 Å². The van der Waals surface area contributed by atoms with Crippen LogP contribution >= 0.6 is 11.6 Å². The van der Waals surface area contributed by atoms with Gasteiger partial charge >= 0.3 is 0 Å². The number of benzene rings is 1. The third-order valence-electron chi connectivity index (χ3n) is 4.07. The van der Waals surface area contributed by atoms with Gasteiger partial charge in [-0.2, -0.15) is 0 Å². The minimum atomic E-state index is -0.448. The molecule has 2 rings (SSSR count). The van der Waals surface area contributed by atoms with E-state index in [2.05, 4.69) is 5.32 Å². The Morgan fingerprint density at radius 2 is 1.95 bits per heavy atom. The van der Waals surface area contributed by atoms with E-state index in [4.69, 9.17) is 17.3 Å². The number of carbonyl (C=O) groups excluding carboxylic acids is 1. The molecule has 0 heterocycles. The molecule has 1 aliphatic rings. The number of hydrogen-bond acceptors (Lipinski definition) is 2. The van der Waals surface area contributed by atoms with Crippen LogP contribution in [0.5, 0.6) is 0 Å². The van der Waals surface area contributed by atoms with Crippen molar-refractivity contribution in [3.8, 4) is 0 Å². The largest absolute Gasteiger partial charge is 0.368 e. The first-order valence-corrected chi connectivity index (χ1v) is 7.77. The summed E-state index contributed by atoms with van der Waals surface area (Å²) in [4.78, 5) is 11.8. The summed E-state index contributed by atoms with van der Waals surface area (Å²) < 4.78 is 0. The first-order valence-electron chi connectivity index (χ1n) is 7.39. The van der Waals surface area contributed by atoms with E-state index in [1.807, 2.05) is 25.1 Å². The number of amides is 1. The molecule has 1 saturated carbocycles. The first-order chi connectivity index (χ1) is 9.58. The van der Waals surface area contributed by atoms with E-state index >= 15 is 0 Å². The molecule has 3 nitrogen and oxygen atoms in total. The zero-order valence-corrected chi connectivity index (χ0v) is 12.7. The van der Waals surface area contributed by atoms with Crippen molar-refractivity contribution in [2.24, 2.45) is 5.73 Å². The van der Waals surface area contributed by atoms with Gasteiger partial charge in [0.2, 0.25) is 5.91 Å². The standard InChI is InChI=1S/C16H23ClN2O/c1-11-8-9-12(10-14(11)17)15(16(18)20)19-13-6-4-2-3-5-7-13/h8-10,13,15,19H,2-7H2,1H3,(H2,18,20). The van der Waals surface area contributed by atoms with Crippen LogP contribution in [-0.4, -0.2) is 11.9 Å². The van der Waals surface area contributed by atoms with Gasteiger partial charge in [0.1, 0.15) is 6.04 Å². The van der Waals surface area contributed by atoms with Crippen molar-refractivity contribution in [3.05, 3.63) is 34.3 Å². The molecule has 1 unspecified atom stereocenters. The summed E-state index contributed by atoms with van der Waals surface area (Å²) in [6.45, 7) is 1.95. The van der Waals surface area contributed by atoms with Gasteiger partial charge in [0, 0.05) is 11.1 Å². The molecule has 1 fully saturated rings. The molecule has 1 aliphatic carbocycles. The highest BCUT2D eigenvalue weighted by atomic mass is 35.5. The van der Waals surface area contributed by atoms with Crippen molar-refractivity contribution in [3.63, 3.8) is 0 Å². The molecule has 0 aromatic heterocycles. The van der Waals surface area contributed by atoms with Crippen molar-refractivity contribution < 1.29 is 4.79 Å². The maximum atomic E-state index is 11.8. The van der Waals surface area contributed by atoms with Crippen molar-refractivity contribution in [2.45, 2.75) is 57.5 Å². The molecule has 1 aromatic carbocycles. The van der Waals surface area contributed by atoms with E-state index in [-0.39, 0.29) is 5.91 Å². The van der Waals surface area contributed by atoms with Gasteiger partial charge < -0.3 is 5.73 Å². The molecule has 1 atom stereocenters. The molecule has 4 heteroatoms. The fourth-order valence-corrected chi connectivity index (χ4v) is 3.00. The van der Waals surface area contributed by atoms with Crippen LogP contribution in [0.25, 0.3) is 0 Å². The predicted molar refractivity (Wildman–Crippen MR) is 82.8 cm³/mol. The normalized spacial score (nSPS) is 18.5. The predicted octanol–water partition coefficient (Wildman–Crippen LogP) is 3.49. The van der Waals surface area contributed by atoms with Crippen molar-refractivity contribution in [1.29, 1.82) is 0 Å². The minimum absolute atomic E-state index is 0.339. The zero-order valence-electron chi connectivity index (χ0n) is 12.0. The van der Waals surface area contributed by atoms with Crippen LogP contribution in [-0.2, 0) is 4.79 Å². The molecule has 3 N–H and O–H groups in total. The summed E-state index contributed by atoms with van der Waals surface area (Å²) >= 11 is 6.15. The number of aryl methyl sites for hydroxylation is 1. The Morgan fingerprint density at radius 3 is 2.50 bits per heavy atom. The SMILES string of the molecule is Cc1ccc(C(NC2CCCCCC2)C(N)=O)cc1Cl. The van der Waals surface area contributed by atoms with Gasteiger partial charge in [-0.25, -0.2) is 0 Å². The quantitative estimate of drug-likeness (QED) is 0.835. The molecule has 0 bridgehead atoms. The molecule has 110 valence electrons. The smallest absolute Gasteiger partial charge is 0.239 e. The highest BCUT2D eigenvalue weighted by molar-refractivity contribution is 6.31. The van der Waals surface area contributed by atoms with Crippen molar-refractivity contribution in [2.75, 3.05) is 0 Å². The molecule has 0 saturated heterocycles. The van der Waals surface area contributed by atoms with Crippen LogP contribution in [0.15, 0.2) is 18.2 Å². The van der Waals surface area contributed by atoms with Gasteiger partial charge in [-0.15, -0.1) is 0 Å². The Bertz CT molecular complexity index is 468. The maximum absolute atomic E-state index is 11.8. The van der Waals surface area contributed by atoms with Gasteiger partial charge in [0.15, 0.2) is 0 Å². The number of hydrogen-bond donors (Lipinski definition) is 2. The Morgan fingerprint density at radius 1 is 1.30 bits per heavy atom. The molecule has 1 amide bonds.